The van der Waals surface area contributed by atoms with Crippen LogP contribution in [0.3, 0.4) is 0 Å². The van der Waals surface area contributed by atoms with Gasteiger partial charge in [0.15, 0.2) is 0 Å². The largest absolute Gasteiger partial charge is 0.300 e. The normalized spacial score (nSPS) is 12.6. The molecule has 0 aliphatic heterocycles. The lowest BCUT2D eigenvalue weighted by Gasteiger charge is -2.07. The molecule has 3 heteroatoms. The van der Waals surface area contributed by atoms with E-state index in [1.807, 2.05) is 0 Å². The number of rotatable bonds is 10. The van der Waals surface area contributed by atoms with Gasteiger partial charge in [0.05, 0.1) is 0 Å². The molecule has 0 aromatic rings. The van der Waals surface area contributed by atoms with Crippen LogP contribution < -0.4 is 11.1 Å². The summed E-state index contributed by atoms with van der Waals surface area (Å²) in [6.45, 7) is 4.46. The van der Waals surface area contributed by atoms with Gasteiger partial charge in [0.1, 0.15) is 0 Å². The summed E-state index contributed by atoms with van der Waals surface area (Å²) in [6, 6.07) is 0. The van der Waals surface area contributed by atoms with E-state index in [9.17, 15) is 0 Å². The number of unbranched alkanes of at least 4 members (excludes halogenated alkanes) is 7. The highest BCUT2D eigenvalue weighted by Gasteiger charge is 2.06. The van der Waals surface area contributed by atoms with Gasteiger partial charge in [-0.15, -0.1) is 0 Å². The summed E-state index contributed by atoms with van der Waals surface area (Å²) in [5, 5.41) is 6.53. The fraction of sp³-hybridized carbons (Fsp3) is 0.923. The summed E-state index contributed by atoms with van der Waals surface area (Å²) in [5.41, 5.74) is 5.45. The predicted octanol–water partition coefficient (Wildman–Crippen LogP) is 2.71. The molecule has 0 saturated heterocycles. The molecule has 0 heterocycles. The Morgan fingerprint density at radius 2 is 1.56 bits per heavy atom. The van der Waals surface area contributed by atoms with E-state index < -0.39 is 0 Å². The zero-order chi connectivity index (χ0) is 12.2. The van der Waals surface area contributed by atoms with Crippen LogP contribution in [0, 0.1) is 0 Å². The van der Waals surface area contributed by atoms with Crippen LogP contribution in [0.4, 0.5) is 0 Å². The number of hydrogen-bond donors (Lipinski definition) is 2. The predicted molar refractivity (Wildman–Crippen MR) is 75.4 cm³/mol. The zero-order valence-electron chi connectivity index (χ0n) is 11.0. The van der Waals surface area contributed by atoms with E-state index >= 15 is 0 Å². The van der Waals surface area contributed by atoms with E-state index in [2.05, 4.69) is 13.8 Å². The van der Waals surface area contributed by atoms with E-state index in [-0.39, 0.29) is 0 Å². The molecule has 2 nitrogen and oxygen atoms in total. The first kappa shape index (κ1) is 15.8. The van der Waals surface area contributed by atoms with Crippen LogP contribution in [0.25, 0.3) is 0 Å². The topological polar surface area (TPSA) is 51.6 Å². The molecule has 16 heavy (non-hydrogen) atoms. The second kappa shape index (κ2) is 11.3. The van der Waals surface area contributed by atoms with Gasteiger partial charge in [-0.25, -0.2) is 0 Å². The quantitative estimate of drug-likeness (QED) is 0.353. The minimum absolute atomic E-state index is 0.507. The van der Waals surface area contributed by atoms with Gasteiger partial charge in [-0.2, -0.15) is 0 Å². The molecule has 0 aliphatic carbocycles. The van der Waals surface area contributed by atoms with Gasteiger partial charge in [0, 0.05) is 5.25 Å². The fourth-order valence-corrected chi connectivity index (χ4v) is 2.61. The Hall–Kier alpha value is -0.180. The third kappa shape index (κ3) is 11.9. The molecule has 0 radical (unpaired) electrons. The summed E-state index contributed by atoms with van der Waals surface area (Å²) >= 11 is 1.60. The first-order valence-corrected chi connectivity index (χ1v) is 7.59. The van der Waals surface area contributed by atoms with Gasteiger partial charge in [-0.3, -0.25) is 11.1 Å². The first-order chi connectivity index (χ1) is 7.66. The maximum atomic E-state index is 5.45. The van der Waals surface area contributed by atoms with Crippen LogP contribution in [0.2, 0.25) is 0 Å². The Labute approximate surface area is 105 Å². The molecular weight excluding hydrogens is 216 g/mol. The molecule has 0 rings (SSSR count). The van der Waals surface area contributed by atoms with E-state index in [1.54, 1.807) is 11.8 Å². The number of hydrogen-bond acceptors (Lipinski definition) is 1. The molecule has 0 spiro atoms. The molecule has 0 aromatic carbocycles. The Bertz CT molecular complexity index is 171. The molecule has 4 N–H and O–H groups in total. The second-order valence-electron chi connectivity index (χ2n) is 4.59. The zero-order valence-corrected chi connectivity index (χ0v) is 11.8. The number of nitrogens with two attached hydrogens (primary N) is 2. The SMILES string of the molecule is CCCCCCCCCCC(C)SC(N)=[NH2+]. The molecule has 0 amide bonds. The minimum Gasteiger partial charge on any atom is -0.282 e. The molecule has 0 aliphatic rings. The van der Waals surface area contributed by atoms with Crippen molar-refractivity contribution in [3.05, 3.63) is 0 Å². The lowest BCUT2D eigenvalue weighted by atomic mass is 10.1. The molecule has 96 valence electrons. The highest BCUT2D eigenvalue weighted by Crippen LogP contribution is 2.17. The van der Waals surface area contributed by atoms with Crippen molar-refractivity contribution < 1.29 is 5.41 Å². The third-order valence-corrected chi connectivity index (χ3v) is 3.71. The van der Waals surface area contributed by atoms with E-state index in [0.29, 0.717) is 10.4 Å². The Morgan fingerprint density at radius 1 is 1.06 bits per heavy atom. The Balaban J connectivity index is 3.11. The van der Waals surface area contributed by atoms with Gasteiger partial charge >= 0.3 is 0 Å². The van der Waals surface area contributed by atoms with E-state index in [1.165, 1.54) is 57.8 Å². The Kier molecular flexibility index (Phi) is 11.2. The summed E-state index contributed by atoms with van der Waals surface area (Å²) in [5.74, 6) is 0. The van der Waals surface area contributed by atoms with Crippen molar-refractivity contribution in [3.8, 4) is 0 Å². The van der Waals surface area contributed by atoms with Crippen molar-refractivity contribution >= 4 is 16.9 Å². The lowest BCUT2D eigenvalue weighted by molar-refractivity contribution is -0.110. The molecule has 0 fully saturated rings. The molecular formula is C13H29N2S+. The van der Waals surface area contributed by atoms with Crippen molar-refractivity contribution in [2.45, 2.75) is 76.9 Å². The van der Waals surface area contributed by atoms with Crippen LogP contribution in [0.15, 0.2) is 0 Å². The fourth-order valence-electron chi connectivity index (χ4n) is 1.86. The maximum Gasteiger partial charge on any atom is 0.300 e. The van der Waals surface area contributed by atoms with Gasteiger partial charge < -0.3 is 0 Å². The minimum atomic E-state index is 0.507. The summed E-state index contributed by atoms with van der Waals surface area (Å²) < 4.78 is 0. The van der Waals surface area contributed by atoms with Crippen LogP contribution in [0.5, 0.6) is 0 Å². The van der Waals surface area contributed by atoms with Crippen LogP contribution in [-0.4, -0.2) is 10.4 Å². The van der Waals surface area contributed by atoms with Crippen LogP contribution in [-0.2, 0) is 0 Å². The van der Waals surface area contributed by atoms with Crippen molar-refractivity contribution in [3.63, 3.8) is 0 Å². The standard InChI is InChI=1S/C13H28N2S/c1-3-4-5-6-7-8-9-10-11-12(2)16-13(14)15/h12H,3-11H2,1-2H3,(H3,14,15)/p+1. The molecule has 0 aromatic heterocycles. The average molecular weight is 245 g/mol. The van der Waals surface area contributed by atoms with Gasteiger partial charge in [-0.05, 0) is 18.2 Å². The summed E-state index contributed by atoms with van der Waals surface area (Å²) in [4.78, 5) is 0. The van der Waals surface area contributed by atoms with Gasteiger partial charge in [-0.1, -0.05) is 65.2 Å². The van der Waals surface area contributed by atoms with Crippen molar-refractivity contribution in [1.82, 2.24) is 0 Å². The van der Waals surface area contributed by atoms with Crippen LogP contribution in [0.1, 0.15) is 71.6 Å². The molecule has 1 unspecified atom stereocenters. The number of thioether (sulfide) groups is 1. The first-order valence-electron chi connectivity index (χ1n) is 6.71. The second-order valence-corrected chi connectivity index (χ2v) is 6.11. The van der Waals surface area contributed by atoms with Crippen LogP contribution >= 0.6 is 11.8 Å². The smallest absolute Gasteiger partial charge is 0.282 e. The molecule has 0 saturated carbocycles. The Morgan fingerprint density at radius 3 is 2.06 bits per heavy atom. The average Bonchev–Trinajstić information content (AvgIpc) is 2.21. The van der Waals surface area contributed by atoms with Gasteiger partial charge in [0.25, 0.3) is 5.17 Å². The van der Waals surface area contributed by atoms with Crippen molar-refractivity contribution in [1.29, 1.82) is 0 Å². The summed E-state index contributed by atoms with van der Waals surface area (Å²) in [7, 11) is 0. The van der Waals surface area contributed by atoms with Crippen molar-refractivity contribution in [2.75, 3.05) is 0 Å². The monoisotopic (exact) mass is 245 g/mol. The maximum absolute atomic E-state index is 5.45. The molecule has 0 bridgehead atoms. The third-order valence-electron chi connectivity index (χ3n) is 2.80. The molecule has 1 atom stereocenters. The van der Waals surface area contributed by atoms with Gasteiger partial charge in [0.2, 0.25) is 0 Å². The number of amidine groups is 1. The highest BCUT2D eigenvalue weighted by molar-refractivity contribution is 8.14. The van der Waals surface area contributed by atoms with E-state index in [0.717, 1.165) is 0 Å². The van der Waals surface area contributed by atoms with Crippen molar-refractivity contribution in [2.24, 2.45) is 5.73 Å². The lowest BCUT2D eigenvalue weighted by Crippen LogP contribution is -2.44. The van der Waals surface area contributed by atoms with E-state index in [4.69, 9.17) is 11.1 Å². The highest BCUT2D eigenvalue weighted by atomic mass is 32.2. The summed E-state index contributed by atoms with van der Waals surface area (Å²) in [6.07, 6.45) is 12.3.